The van der Waals surface area contributed by atoms with E-state index in [-0.39, 0.29) is 17.7 Å². The van der Waals surface area contributed by atoms with Gasteiger partial charge < -0.3 is 19.5 Å². The van der Waals surface area contributed by atoms with Crippen LogP contribution in [0.1, 0.15) is 23.6 Å². The van der Waals surface area contributed by atoms with Crippen molar-refractivity contribution in [1.29, 1.82) is 0 Å². The van der Waals surface area contributed by atoms with Crippen LogP contribution in [0.2, 0.25) is 0 Å². The molecule has 1 aromatic carbocycles. The zero-order chi connectivity index (χ0) is 14.3. The van der Waals surface area contributed by atoms with Gasteiger partial charge in [-0.1, -0.05) is 0 Å². The SMILES string of the molecule is COc1cc2c(cc1OC)C1CC(O)=CC(=O)N1CC2. The Hall–Kier alpha value is -2.17. The normalized spacial score (nSPS) is 20.9. The number of hydrogen-bond donors (Lipinski definition) is 1. The predicted molar refractivity (Wildman–Crippen MR) is 73.0 cm³/mol. The van der Waals surface area contributed by atoms with Crippen LogP contribution >= 0.6 is 0 Å². The number of aliphatic hydroxyl groups is 1. The second kappa shape index (κ2) is 4.74. The minimum atomic E-state index is -0.126. The van der Waals surface area contributed by atoms with E-state index in [0.29, 0.717) is 24.5 Å². The van der Waals surface area contributed by atoms with Gasteiger partial charge in [0, 0.05) is 19.0 Å². The second-order valence-electron chi connectivity index (χ2n) is 5.04. The first kappa shape index (κ1) is 12.8. The number of hydrogen-bond acceptors (Lipinski definition) is 4. The van der Waals surface area contributed by atoms with Crippen molar-refractivity contribution in [2.75, 3.05) is 20.8 Å². The van der Waals surface area contributed by atoms with E-state index in [1.807, 2.05) is 12.1 Å². The molecule has 1 N–H and O–H groups in total. The van der Waals surface area contributed by atoms with Gasteiger partial charge in [-0.3, -0.25) is 4.79 Å². The van der Waals surface area contributed by atoms with Crippen LogP contribution in [0.5, 0.6) is 11.5 Å². The highest BCUT2D eigenvalue weighted by Gasteiger charge is 2.34. The average molecular weight is 275 g/mol. The van der Waals surface area contributed by atoms with E-state index in [2.05, 4.69) is 0 Å². The second-order valence-corrected chi connectivity index (χ2v) is 5.04. The van der Waals surface area contributed by atoms with Gasteiger partial charge in [0.1, 0.15) is 5.76 Å². The van der Waals surface area contributed by atoms with E-state index in [1.165, 1.54) is 6.08 Å². The van der Waals surface area contributed by atoms with Crippen molar-refractivity contribution in [1.82, 2.24) is 4.90 Å². The van der Waals surface area contributed by atoms with Crippen molar-refractivity contribution in [3.8, 4) is 11.5 Å². The number of rotatable bonds is 2. The lowest BCUT2D eigenvalue weighted by Crippen LogP contribution is -2.41. The Morgan fingerprint density at radius 3 is 2.65 bits per heavy atom. The fraction of sp³-hybridized carbons (Fsp3) is 0.400. The lowest BCUT2D eigenvalue weighted by Gasteiger charge is -2.39. The van der Waals surface area contributed by atoms with Gasteiger partial charge in [-0.05, 0) is 29.7 Å². The van der Waals surface area contributed by atoms with Crippen LogP contribution in [0, 0.1) is 0 Å². The van der Waals surface area contributed by atoms with E-state index in [1.54, 1.807) is 19.1 Å². The summed E-state index contributed by atoms with van der Waals surface area (Å²) in [5, 5.41) is 9.73. The molecule has 3 rings (SSSR count). The van der Waals surface area contributed by atoms with Crippen LogP contribution in [-0.4, -0.2) is 36.7 Å². The van der Waals surface area contributed by atoms with E-state index in [4.69, 9.17) is 9.47 Å². The van der Waals surface area contributed by atoms with Gasteiger partial charge in [0.25, 0.3) is 0 Å². The molecule has 20 heavy (non-hydrogen) atoms. The number of carbonyl (C=O) groups is 1. The molecule has 1 atom stereocenters. The summed E-state index contributed by atoms with van der Waals surface area (Å²) >= 11 is 0. The summed E-state index contributed by atoms with van der Waals surface area (Å²) in [5.74, 6) is 1.36. The zero-order valence-electron chi connectivity index (χ0n) is 11.5. The summed E-state index contributed by atoms with van der Waals surface area (Å²) in [6.07, 6.45) is 2.54. The molecule has 0 saturated carbocycles. The molecule has 0 spiro atoms. The molecule has 2 aliphatic rings. The number of ether oxygens (including phenoxy) is 2. The third-order valence-corrected chi connectivity index (χ3v) is 3.98. The molecule has 2 heterocycles. The topological polar surface area (TPSA) is 59.0 Å². The van der Waals surface area contributed by atoms with Crippen LogP contribution in [0.25, 0.3) is 0 Å². The maximum Gasteiger partial charge on any atom is 0.250 e. The number of benzene rings is 1. The molecule has 1 unspecified atom stereocenters. The molecule has 0 radical (unpaired) electrons. The Kier molecular flexibility index (Phi) is 3.04. The summed E-state index contributed by atoms with van der Waals surface area (Å²) < 4.78 is 10.6. The number of amides is 1. The van der Waals surface area contributed by atoms with Crippen molar-refractivity contribution in [2.24, 2.45) is 0 Å². The Morgan fingerprint density at radius 2 is 1.95 bits per heavy atom. The van der Waals surface area contributed by atoms with Gasteiger partial charge in [0.15, 0.2) is 11.5 Å². The first-order valence-corrected chi connectivity index (χ1v) is 6.59. The lowest BCUT2D eigenvalue weighted by molar-refractivity contribution is -0.130. The van der Waals surface area contributed by atoms with Crippen LogP contribution in [0.15, 0.2) is 24.0 Å². The Morgan fingerprint density at radius 1 is 1.25 bits per heavy atom. The monoisotopic (exact) mass is 275 g/mol. The molecule has 1 amide bonds. The summed E-state index contributed by atoms with van der Waals surface area (Å²) in [7, 11) is 3.20. The smallest absolute Gasteiger partial charge is 0.250 e. The molecule has 106 valence electrons. The lowest BCUT2D eigenvalue weighted by atomic mass is 9.88. The number of carbonyl (C=O) groups excluding carboxylic acids is 1. The molecule has 5 nitrogen and oxygen atoms in total. The van der Waals surface area contributed by atoms with Crippen LogP contribution in [0.4, 0.5) is 0 Å². The first-order valence-electron chi connectivity index (χ1n) is 6.59. The highest BCUT2D eigenvalue weighted by molar-refractivity contribution is 5.89. The average Bonchev–Trinajstić information content (AvgIpc) is 2.45. The fourth-order valence-electron chi connectivity index (χ4n) is 2.99. The molecule has 1 aromatic rings. The molecule has 0 fully saturated rings. The molecular weight excluding hydrogens is 258 g/mol. The quantitative estimate of drug-likeness (QED) is 0.896. The van der Waals surface area contributed by atoms with Gasteiger partial charge in [-0.2, -0.15) is 0 Å². The van der Waals surface area contributed by atoms with Crippen molar-refractivity contribution in [3.63, 3.8) is 0 Å². The molecular formula is C15H17NO4. The van der Waals surface area contributed by atoms with Crippen molar-refractivity contribution in [3.05, 3.63) is 35.1 Å². The van der Waals surface area contributed by atoms with Crippen molar-refractivity contribution >= 4 is 5.91 Å². The molecule has 2 aliphatic heterocycles. The Labute approximate surface area is 117 Å². The summed E-state index contributed by atoms with van der Waals surface area (Å²) in [6.45, 7) is 0.662. The van der Waals surface area contributed by atoms with Crippen LogP contribution in [0.3, 0.4) is 0 Å². The molecule has 0 aliphatic carbocycles. The van der Waals surface area contributed by atoms with E-state index < -0.39 is 0 Å². The largest absolute Gasteiger partial charge is 0.512 e. The van der Waals surface area contributed by atoms with Gasteiger partial charge in [-0.15, -0.1) is 0 Å². The highest BCUT2D eigenvalue weighted by atomic mass is 16.5. The van der Waals surface area contributed by atoms with Gasteiger partial charge in [0.05, 0.1) is 20.3 Å². The van der Waals surface area contributed by atoms with E-state index in [0.717, 1.165) is 17.5 Å². The van der Waals surface area contributed by atoms with Crippen molar-refractivity contribution < 1.29 is 19.4 Å². The predicted octanol–water partition coefficient (Wildman–Crippen LogP) is 1.98. The maximum atomic E-state index is 12.0. The van der Waals surface area contributed by atoms with E-state index in [9.17, 15) is 9.90 Å². The molecule has 0 aromatic heterocycles. The zero-order valence-corrected chi connectivity index (χ0v) is 11.5. The summed E-state index contributed by atoms with van der Waals surface area (Å²) in [6, 6.07) is 3.76. The molecule has 0 saturated heterocycles. The Bertz CT molecular complexity index is 594. The number of aliphatic hydroxyl groups excluding tert-OH is 1. The first-order chi connectivity index (χ1) is 9.63. The minimum Gasteiger partial charge on any atom is -0.512 e. The van der Waals surface area contributed by atoms with Crippen LogP contribution in [-0.2, 0) is 11.2 Å². The maximum absolute atomic E-state index is 12.0. The molecule has 0 bridgehead atoms. The standard InChI is InChI=1S/C15H17NO4/c1-19-13-5-9-3-4-16-12(6-10(17)7-15(16)18)11(9)8-14(13)20-2/h5,7-8,12,17H,3-4,6H2,1-2H3. The van der Waals surface area contributed by atoms with Gasteiger partial charge >= 0.3 is 0 Å². The van der Waals surface area contributed by atoms with E-state index >= 15 is 0 Å². The Balaban J connectivity index is 2.08. The highest BCUT2D eigenvalue weighted by Crippen LogP contribution is 2.41. The third-order valence-electron chi connectivity index (χ3n) is 3.98. The number of methoxy groups -OCH3 is 2. The van der Waals surface area contributed by atoms with Gasteiger partial charge in [0.2, 0.25) is 5.91 Å². The van der Waals surface area contributed by atoms with Crippen LogP contribution < -0.4 is 9.47 Å². The minimum absolute atomic E-state index is 0.115. The van der Waals surface area contributed by atoms with Gasteiger partial charge in [-0.25, -0.2) is 0 Å². The third kappa shape index (κ3) is 1.90. The number of nitrogens with zero attached hydrogens (tertiary/aromatic N) is 1. The summed E-state index contributed by atoms with van der Waals surface area (Å²) in [4.78, 5) is 13.8. The molecule has 5 heteroatoms. The summed E-state index contributed by atoms with van der Waals surface area (Å²) in [5.41, 5.74) is 2.17. The fourth-order valence-corrected chi connectivity index (χ4v) is 2.99. The number of fused-ring (bicyclic) bond motifs is 3. The van der Waals surface area contributed by atoms with Crippen molar-refractivity contribution in [2.45, 2.75) is 18.9 Å².